The van der Waals surface area contributed by atoms with E-state index in [0.29, 0.717) is 13.1 Å². The summed E-state index contributed by atoms with van der Waals surface area (Å²) in [4.78, 5) is 10.3. The van der Waals surface area contributed by atoms with Gasteiger partial charge in [0.25, 0.3) is 0 Å². The van der Waals surface area contributed by atoms with E-state index in [9.17, 15) is 0 Å². The van der Waals surface area contributed by atoms with Gasteiger partial charge in [-0.1, -0.05) is 13.0 Å². The van der Waals surface area contributed by atoms with E-state index in [1.807, 2.05) is 24.4 Å². The van der Waals surface area contributed by atoms with Crippen LogP contribution >= 0.6 is 35.3 Å². The largest absolute Gasteiger partial charge is 0.469 e. The monoisotopic (exact) mass is 460 g/mol. The zero-order valence-corrected chi connectivity index (χ0v) is 17.1. The summed E-state index contributed by atoms with van der Waals surface area (Å²) in [6.45, 7) is 8.04. The summed E-state index contributed by atoms with van der Waals surface area (Å²) >= 11 is 1.77. The van der Waals surface area contributed by atoms with E-state index in [4.69, 9.17) is 4.42 Å². The van der Waals surface area contributed by atoms with Crippen molar-refractivity contribution in [2.75, 3.05) is 19.6 Å². The lowest BCUT2D eigenvalue weighted by molar-refractivity contribution is 0.507. The zero-order chi connectivity index (χ0) is 16.3. The number of hydrogen-bond donors (Lipinski definition) is 2. The Morgan fingerprint density at radius 1 is 1.42 bits per heavy atom. The first kappa shape index (κ1) is 20.7. The van der Waals surface area contributed by atoms with E-state index >= 15 is 0 Å². The Kier molecular flexibility index (Phi) is 10.4. The van der Waals surface area contributed by atoms with Crippen LogP contribution in [0.4, 0.5) is 0 Å². The minimum atomic E-state index is 0. The Balaban J connectivity index is 0.00000288. The topological polar surface area (TPSA) is 62.5 Å². The van der Waals surface area contributed by atoms with Crippen LogP contribution in [-0.4, -0.2) is 30.6 Å². The number of aliphatic imine (C=N–C) groups is 1. The maximum Gasteiger partial charge on any atom is 0.191 e. The van der Waals surface area contributed by atoms with E-state index in [1.54, 1.807) is 17.6 Å². The molecule has 0 bridgehead atoms. The fourth-order valence-corrected chi connectivity index (χ4v) is 2.84. The Morgan fingerprint density at radius 3 is 2.96 bits per heavy atom. The lowest BCUT2D eigenvalue weighted by Gasteiger charge is -2.10. The van der Waals surface area contributed by atoms with Gasteiger partial charge in [-0.3, -0.25) is 4.99 Å². The van der Waals surface area contributed by atoms with E-state index < -0.39 is 0 Å². The standard InChI is InChI=1S/C17H24N4OS.HI/c1-3-9-18-17(19-10-7-14-6-5-12-22-14)20-11-8-16-21-13-15(4-2)23-16;/h3,5-6,12-13H,1,4,7-11H2,2H3,(H2,18,19,20);1H. The van der Waals surface area contributed by atoms with E-state index in [1.165, 1.54) is 4.88 Å². The predicted octanol–water partition coefficient (Wildman–Crippen LogP) is 3.42. The van der Waals surface area contributed by atoms with Crippen LogP contribution in [0, 0.1) is 0 Å². The third-order valence-corrected chi connectivity index (χ3v) is 4.40. The third kappa shape index (κ3) is 7.48. The number of halogens is 1. The van der Waals surface area contributed by atoms with Crippen molar-refractivity contribution in [3.63, 3.8) is 0 Å². The highest BCUT2D eigenvalue weighted by Crippen LogP contribution is 2.13. The molecule has 2 aromatic rings. The minimum absolute atomic E-state index is 0. The number of rotatable bonds is 9. The highest BCUT2D eigenvalue weighted by atomic mass is 127. The second-order valence-corrected chi connectivity index (χ2v) is 6.18. The van der Waals surface area contributed by atoms with Crippen LogP contribution in [0.3, 0.4) is 0 Å². The van der Waals surface area contributed by atoms with Crippen molar-refractivity contribution < 1.29 is 4.42 Å². The van der Waals surface area contributed by atoms with Crippen molar-refractivity contribution in [2.45, 2.75) is 26.2 Å². The van der Waals surface area contributed by atoms with Crippen molar-refractivity contribution in [1.82, 2.24) is 15.6 Å². The average Bonchev–Trinajstić information content (AvgIpc) is 3.23. The first-order valence-electron chi connectivity index (χ1n) is 7.91. The lowest BCUT2D eigenvalue weighted by Crippen LogP contribution is -2.38. The summed E-state index contributed by atoms with van der Waals surface area (Å²) in [5, 5.41) is 7.68. The van der Waals surface area contributed by atoms with Crippen LogP contribution in [0.5, 0.6) is 0 Å². The smallest absolute Gasteiger partial charge is 0.191 e. The molecule has 0 unspecified atom stereocenters. The SMILES string of the molecule is C=CCNC(=NCCc1ncc(CC)s1)NCCc1ccco1.I. The molecule has 0 saturated heterocycles. The van der Waals surface area contributed by atoms with E-state index in [0.717, 1.165) is 42.5 Å². The van der Waals surface area contributed by atoms with Gasteiger partial charge in [-0.05, 0) is 18.6 Å². The summed E-state index contributed by atoms with van der Waals surface area (Å²) in [6, 6.07) is 3.88. The molecule has 0 radical (unpaired) electrons. The fourth-order valence-electron chi connectivity index (χ4n) is 1.99. The van der Waals surface area contributed by atoms with Crippen molar-refractivity contribution >= 4 is 41.3 Å². The normalized spacial score (nSPS) is 11.0. The number of guanidine groups is 1. The Labute approximate surface area is 164 Å². The molecule has 5 nitrogen and oxygen atoms in total. The average molecular weight is 460 g/mol. The molecule has 0 aliphatic heterocycles. The van der Waals surface area contributed by atoms with Crippen molar-refractivity contribution in [3.8, 4) is 0 Å². The predicted molar refractivity (Wildman–Crippen MR) is 112 cm³/mol. The second-order valence-electron chi connectivity index (χ2n) is 4.98. The van der Waals surface area contributed by atoms with Crippen LogP contribution in [0.1, 0.15) is 22.6 Å². The van der Waals surface area contributed by atoms with Crippen LogP contribution in [0.2, 0.25) is 0 Å². The van der Waals surface area contributed by atoms with Gasteiger partial charge in [0.2, 0.25) is 0 Å². The molecule has 0 aromatic carbocycles. The summed E-state index contributed by atoms with van der Waals surface area (Å²) in [5.41, 5.74) is 0. The maximum absolute atomic E-state index is 5.33. The van der Waals surface area contributed by atoms with Gasteiger partial charge in [0.05, 0.1) is 11.3 Å². The van der Waals surface area contributed by atoms with Crippen molar-refractivity contribution in [2.24, 2.45) is 4.99 Å². The molecular formula is C17H25IN4OS. The Morgan fingerprint density at radius 2 is 2.29 bits per heavy atom. The summed E-state index contributed by atoms with van der Waals surface area (Å²) < 4.78 is 5.33. The van der Waals surface area contributed by atoms with Crippen LogP contribution in [-0.2, 0) is 19.3 Å². The molecule has 24 heavy (non-hydrogen) atoms. The van der Waals surface area contributed by atoms with Gasteiger partial charge in [0, 0.05) is 43.5 Å². The number of nitrogens with zero attached hydrogens (tertiary/aromatic N) is 2. The third-order valence-electron chi connectivity index (χ3n) is 3.20. The van der Waals surface area contributed by atoms with Crippen molar-refractivity contribution in [1.29, 1.82) is 0 Å². The molecular weight excluding hydrogens is 435 g/mol. The maximum atomic E-state index is 5.33. The minimum Gasteiger partial charge on any atom is -0.469 e. The number of hydrogen-bond acceptors (Lipinski definition) is 4. The van der Waals surface area contributed by atoms with E-state index in [-0.39, 0.29) is 24.0 Å². The van der Waals surface area contributed by atoms with Gasteiger partial charge in [-0.15, -0.1) is 41.9 Å². The molecule has 0 aliphatic rings. The molecule has 2 rings (SSSR count). The molecule has 0 fully saturated rings. The molecule has 0 amide bonds. The highest BCUT2D eigenvalue weighted by Gasteiger charge is 2.02. The van der Waals surface area contributed by atoms with Crippen LogP contribution < -0.4 is 10.6 Å². The summed E-state index contributed by atoms with van der Waals surface area (Å²) in [7, 11) is 0. The number of aromatic nitrogens is 1. The molecule has 2 heterocycles. The van der Waals surface area contributed by atoms with Gasteiger partial charge < -0.3 is 15.1 Å². The van der Waals surface area contributed by atoms with Crippen LogP contribution in [0.15, 0.2) is 46.7 Å². The number of aryl methyl sites for hydroxylation is 1. The first-order chi connectivity index (χ1) is 11.3. The molecule has 2 N–H and O–H groups in total. The highest BCUT2D eigenvalue weighted by molar-refractivity contribution is 14.0. The molecule has 2 aromatic heterocycles. The van der Waals surface area contributed by atoms with Crippen molar-refractivity contribution in [3.05, 3.63) is 52.9 Å². The molecule has 0 saturated carbocycles. The van der Waals surface area contributed by atoms with Gasteiger partial charge >= 0.3 is 0 Å². The quantitative estimate of drug-likeness (QED) is 0.261. The Bertz CT molecular complexity index is 610. The van der Waals surface area contributed by atoms with Crippen LogP contribution in [0.25, 0.3) is 0 Å². The number of furan rings is 1. The van der Waals surface area contributed by atoms with Gasteiger partial charge in [0.1, 0.15) is 5.76 Å². The van der Waals surface area contributed by atoms with Gasteiger partial charge in [-0.25, -0.2) is 4.98 Å². The molecule has 0 atom stereocenters. The zero-order valence-electron chi connectivity index (χ0n) is 14.0. The first-order valence-corrected chi connectivity index (χ1v) is 8.72. The number of thiazole rings is 1. The fraction of sp³-hybridized carbons (Fsp3) is 0.412. The summed E-state index contributed by atoms with van der Waals surface area (Å²) in [6.07, 6.45) is 8.21. The molecule has 7 heteroatoms. The lowest BCUT2D eigenvalue weighted by atomic mass is 10.3. The molecule has 0 aliphatic carbocycles. The second kappa shape index (κ2) is 12.1. The molecule has 0 spiro atoms. The summed E-state index contributed by atoms with van der Waals surface area (Å²) in [5.74, 6) is 1.76. The Hall–Kier alpha value is -1.35. The number of nitrogens with one attached hydrogen (secondary N) is 2. The van der Waals surface area contributed by atoms with E-state index in [2.05, 4.69) is 34.1 Å². The van der Waals surface area contributed by atoms with Gasteiger partial charge in [0.15, 0.2) is 5.96 Å². The van der Waals surface area contributed by atoms with Gasteiger partial charge in [-0.2, -0.15) is 0 Å². The molecule has 132 valence electrons.